The number of hydrogen-bond acceptors (Lipinski definition) is 3. The second kappa shape index (κ2) is 12.4. The highest BCUT2D eigenvalue weighted by atomic mass is 16.5. The minimum absolute atomic E-state index is 0.190. The Hall–Kier alpha value is -3.37. The minimum Gasteiger partial charge on any atom is -0.445 e. The quantitative estimate of drug-likeness (QED) is 0.442. The monoisotopic (exact) mass is 415 g/mol. The van der Waals surface area contributed by atoms with E-state index in [2.05, 4.69) is 12.2 Å². The highest BCUT2D eigenvalue weighted by Gasteiger charge is 2.21. The summed E-state index contributed by atoms with van der Waals surface area (Å²) in [5, 5.41) is 2.97. The standard InChI is InChI=1S/C27H29NO3/c1-2-26(30-20-23-14-8-4-9-15-23)25(19-18-22-12-6-3-7-13-22)28-27(29)31-21-24-16-10-5-11-17-24/h3-19,25-26H,2,20-21H2,1H3,(H,28,29)/b19-18-/t25-,26+/m1/s1. The van der Waals surface area contributed by atoms with Gasteiger partial charge in [-0.3, -0.25) is 0 Å². The summed E-state index contributed by atoms with van der Waals surface area (Å²) in [5.74, 6) is 0. The topological polar surface area (TPSA) is 47.6 Å². The fourth-order valence-electron chi connectivity index (χ4n) is 3.20. The van der Waals surface area contributed by atoms with Crippen LogP contribution >= 0.6 is 0 Å². The van der Waals surface area contributed by atoms with E-state index in [-0.39, 0.29) is 18.8 Å². The summed E-state index contributed by atoms with van der Waals surface area (Å²) >= 11 is 0. The molecule has 0 bridgehead atoms. The summed E-state index contributed by atoms with van der Waals surface area (Å²) < 4.78 is 11.6. The van der Waals surface area contributed by atoms with Crippen molar-refractivity contribution >= 4 is 12.2 Å². The highest BCUT2D eigenvalue weighted by molar-refractivity contribution is 5.68. The van der Waals surface area contributed by atoms with Crippen LogP contribution in [0.3, 0.4) is 0 Å². The number of hydrogen-bond donors (Lipinski definition) is 1. The van der Waals surface area contributed by atoms with Crippen LogP contribution in [-0.4, -0.2) is 18.2 Å². The molecule has 0 heterocycles. The lowest BCUT2D eigenvalue weighted by Gasteiger charge is -2.25. The first-order valence-corrected chi connectivity index (χ1v) is 10.6. The molecule has 0 spiro atoms. The van der Waals surface area contributed by atoms with Crippen molar-refractivity contribution in [3.63, 3.8) is 0 Å². The summed E-state index contributed by atoms with van der Waals surface area (Å²) in [7, 11) is 0. The van der Waals surface area contributed by atoms with Gasteiger partial charge in [-0.15, -0.1) is 0 Å². The molecule has 31 heavy (non-hydrogen) atoms. The van der Waals surface area contributed by atoms with Gasteiger partial charge in [0.2, 0.25) is 0 Å². The number of carbonyl (C=O) groups excluding carboxylic acids is 1. The molecule has 3 aromatic rings. The van der Waals surface area contributed by atoms with Gasteiger partial charge in [0.15, 0.2) is 0 Å². The molecular formula is C27H29NO3. The van der Waals surface area contributed by atoms with Crippen molar-refractivity contribution in [1.82, 2.24) is 5.32 Å². The van der Waals surface area contributed by atoms with Gasteiger partial charge >= 0.3 is 6.09 Å². The molecule has 0 radical (unpaired) electrons. The minimum atomic E-state index is -0.465. The Morgan fingerprint density at radius 1 is 0.839 bits per heavy atom. The maximum Gasteiger partial charge on any atom is 0.408 e. The van der Waals surface area contributed by atoms with Crippen LogP contribution in [-0.2, 0) is 22.7 Å². The summed E-state index contributed by atoms with van der Waals surface area (Å²) in [6.07, 6.45) is 4.06. The summed E-state index contributed by atoms with van der Waals surface area (Å²) in [6, 6.07) is 29.3. The fraction of sp³-hybridized carbons (Fsp3) is 0.222. The first-order chi connectivity index (χ1) is 15.2. The average molecular weight is 416 g/mol. The van der Waals surface area contributed by atoms with E-state index in [0.29, 0.717) is 6.61 Å². The Bertz CT molecular complexity index is 926. The van der Waals surface area contributed by atoms with Gasteiger partial charge in [-0.1, -0.05) is 110 Å². The van der Waals surface area contributed by atoms with Crippen LogP contribution in [0.5, 0.6) is 0 Å². The van der Waals surface area contributed by atoms with Gasteiger partial charge in [-0.2, -0.15) is 0 Å². The first-order valence-electron chi connectivity index (χ1n) is 10.6. The normalized spacial score (nSPS) is 12.9. The molecule has 0 aliphatic carbocycles. The van der Waals surface area contributed by atoms with Crippen LogP contribution in [0.15, 0.2) is 97.1 Å². The Morgan fingerprint density at radius 2 is 1.39 bits per heavy atom. The summed E-state index contributed by atoms with van der Waals surface area (Å²) in [5.41, 5.74) is 3.10. The van der Waals surface area contributed by atoms with Gasteiger partial charge in [-0.05, 0) is 23.1 Å². The van der Waals surface area contributed by atoms with Crippen molar-refractivity contribution in [2.45, 2.75) is 38.7 Å². The second-order valence-electron chi connectivity index (χ2n) is 7.24. The predicted octanol–water partition coefficient (Wildman–Crippen LogP) is 5.99. The number of rotatable bonds is 10. The molecule has 0 aliphatic heterocycles. The van der Waals surface area contributed by atoms with Crippen LogP contribution < -0.4 is 5.32 Å². The number of ether oxygens (including phenoxy) is 2. The lowest BCUT2D eigenvalue weighted by Crippen LogP contribution is -2.43. The van der Waals surface area contributed by atoms with Gasteiger partial charge in [-0.25, -0.2) is 4.79 Å². The van der Waals surface area contributed by atoms with Crippen molar-refractivity contribution in [2.75, 3.05) is 0 Å². The number of amides is 1. The zero-order valence-electron chi connectivity index (χ0n) is 17.8. The molecule has 0 saturated carbocycles. The molecule has 4 nitrogen and oxygen atoms in total. The van der Waals surface area contributed by atoms with E-state index in [1.165, 1.54) is 0 Å². The molecule has 160 valence electrons. The Labute approximate surface area is 184 Å². The fourth-order valence-corrected chi connectivity index (χ4v) is 3.20. The van der Waals surface area contributed by atoms with E-state index in [1.54, 1.807) is 0 Å². The number of alkyl carbamates (subject to hydrolysis) is 1. The predicted molar refractivity (Wildman–Crippen MR) is 124 cm³/mol. The first kappa shape index (κ1) is 22.3. The van der Waals surface area contributed by atoms with Gasteiger partial charge < -0.3 is 14.8 Å². The third kappa shape index (κ3) is 7.76. The molecule has 3 rings (SSSR count). The summed E-state index contributed by atoms with van der Waals surface area (Å²) in [4.78, 5) is 12.5. The number of benzene rings is 3. The molecular weight excluding hydrogens is 386 g/mol. The molecule has 0 aromatic heterocycles. The van der Waals surface area contributed by atoms with E-state index in [4.69, 9.17) is 9.47 Å². The molecule has 1 N–H and O–H groups in total. The Morgan fingerprint density at radius 3 is 1.97 bits per heavy atom. The Balaban J connectivity index is 1.66. The molecule has 0 saturated heterocycles. The molecule has 0 unspecified atom stereocenters. The van der Waals surface area contributed by atoms with E-state index < -0.39 is 6.09 Å². The van der Waals surface area contributed by atoms with Crippen LogP contribution in [0.1, 0.15) is 30.0 Å². The molecule has 0 aliphatic rings. The Kier molecular flexibility index (Phi) is 8.89. The third-order valence-electron chi connectivity index (χ3n) is 4.90. The van der Waals surface area contributed by atoms with Crippen molar-refractivity contribution < 1.29 is 14.3 Å². The van der Waals surface area contributed by atoms with E-state index >= 15 is 0 Å². The van der Waals surface area contributed by atoms with Crippen molar-refractivity contribution in [3.8, 4) is 0 Å². The van der Waals surface area contributed by atoms with Gasteiger partial charge in [0.05, 0.1) is 18.8 Å². The van der Waals surface area contributed by atoms with Crippen molar-refractivity contribution in [3.05, 3.63) is 114 Å². The van der Waals surface area contributed by atoms with Crippen LogP contribution in [0.4, 0.5) is 4.79 Å². The maximum atomic E-state index is 12.5. The third-order valence-corrected chi connectivity index (χ3v) is 4.90. The van der Waals surface area contributed by atoms with Crippen molar-refractivity contribution in [2.24, 2.45) is 0 Å². The van der Waals surface area contributed by atoms with Gasteiger partial charge in [0.1, 0.15) is 6.61 Å². The van der Waals surface area contributed by atoms with E-state index in [1.807, 2.05) is 103 Å². The van der Waals surface area contributed by atoms with Gasteiger partial charge in [0, 0.05) is 0 Å². The average Bonchev–Trinajstić information content (AvgIpc) is 2.83. The smallest absolute Gasteiger partial charge is 0.408 e. The summed E-state index contributed by atoms with van der Waals surface area (Å²) in [6.45, 7) is 2.76. The second-order valence-corrected chi connectivity index (χ2v) is 7.24. The lowest BCUT2D eigenvalue weighted by atomic mass is 10.1. The molecule has 2 atom stereocenters. The number of nitrogens with one attached hydrogen (secondary N) is 1. The molecule has 1 amide bonds. The molecule has 0 fully saturated rings. The zero-order valence-corrected chi connectivity index (χ0v) is 17.8. The number of carbonyl (C=O) groups is 1. The largest absolute Gasteiger partial charge is 0.445 e. The molecule has 4 heteroatoms. The van der Waals surface area contributed by atoms with Crippen LogP contribution in [0.25, 0.3) is 6.08 Å². The van der Waals surface area contributed by atoms with E-state index in [0.717, 1.165) is 23.1 Å². The van der Waals surface area contributed by atoms with E-state index in [9.17, 15) is 4.79 Å². The maximum absolute atomic E-state index is 12.5. The van der Waals surface area contributed by atoms with Gasteiger partial charge in [0.25, 0.3) is 0 Å². The zero-order chi connectivity index (χ0) is 21.7. The van der Waals surface area contributed by atoms with Crippen LogP contribution in [0.2, 0.25) is 0 Å². The van der Waals surface area contributed by atoms with Crippen LogP contribution in [0, 0.1) is 0 Å². The lowest BCUT2D eigenvalue weighted by molar-refractivity contribution is 0.0215. The highest BCUT2D eigenvalue weighted by Crippen LogP contribution is 2.13. The molecule has 3 aromatic carbocycles. The van der Waals surface area contributed by atoms with Crippen molar-refractivity contribution in [1.29, 1.82) is 0 Å². The SMILES string of the molecule is CC[C@H](OCc1ccccc1)[C@@H](/C=C\c1ccccc1)NC(=O)OCc1ccccc1.